The largest absolute Gasteiger partial charge is 0.462 e. The Hall–Kier alpha value is -2.88. The van der Waals surface area contributed by atoms with Crippen molar-refractivity contribution in [1.29, 1.82) is 0 Å². The Morgan fingerprint density at radius 2 is 1.73 bits per heavy atom. The minimum atomic E-state index is -0.377. The van der Waals surface area contributed by atoms with Gasteiger partial charge in [-0.3, -0.25) is 4.79 Å². The smallest absolute Gasteiger partial charge is 0.338 e. The molecule has 2 unspecified atom stereocenters. The molecule has 0 aliphatic heterocycles. The Bertz CT molecular complexity index is 1150. The van der Waals surface area contributed by atoms with Gasteiger partial charge in [-0.05, 0) is 48.9 Å². The fourth-order valence-corrected chi connectivity index (χ4v) is 4.70. The van der Waals surface area contributed by atoms with Crippen molar-refractivity contribution in [3.8, 4) is 0 Å². The van der Waals surface area contributed by atoms with E-state index in [1.165, 1.54) is 31.2 Å². The van der Waals surface area contributed by atoms with Crippen LogP contribution in [-0.2, 0) is 11.2 Å². The fourth-order valence-electron chi connectivity index (χ4n) is 4.70. The van der Waals surface area contributed by atoms with Crippen LogP contribution in [0.4, 0.5) is 0 Å². The van der Waals surface area contributed by atoms with Crippen molar-refractivity contribution in [2.45, 2.75) is 77.0 Å². The maximum atomic E-state index is 13.3. The molecule has 0 radical (unpaired) electrons. The van der Waals surface area contributed by atoms with E-state index in [1.807, 2.05) is 13.0 Å². The molecule has 0 N–H and O–H groups in total. The summed E-state index contributed by atoms with van der Waals surface area (Å²) < 4.78 is 11.7. The van der Waals surface area contributed by atoms with E-state index in [1.54, 1.807) is 18.2 Å². The van der Waals surface area contributed by atoms with Crippen LogP contribution in [0.5, 0.6) is 0 Å². The lowest BCUT2D eigenvalue weighted by atomic mass is 10.0. The SMILES string of the molecule is CCCCCCCCOC(=O)c1ccc2oc(C3CC3c3ccccc3)c(CC)c(=O)c2c1. The molecule has 1 aliphatic carbocycles. The molecule has 1 aromatic heterocycles. The maximum Gasteiger partial charge on any atom is 0.338 e. The molecular weight excluding hydrogens is 412 g/mol. The number of carbonyl (C=O) groups excluding carboxylic acids is 1. The summed E-state index contributed by atoms with van der Waals surface area (Å²) in [5, 5.41) is 0.460. The maximum absolute atomic E-state index is 13.3. The lowest BCUT2D eigenvalue weighted by molar-refractivity contribution is 0.0498. The molecule has 2 aromatic carbocycles. The highest BCUT2D eigenvalue weighted by Crippen LogP contribution is 2.55. The van der Waals surface area contributed by atoms with Crippen LogP contribution < -0.4 is 5.43 Å². The topological polar surface area (TPSA) is 56.5 Å². The molecule has 4 nitrogen and oxygen atoms in total. The second-order valence-corrected chi connectivity index (χ2v) is 9.10. The average molecular weight is 447 g/mol. The van der Waals surface area contributed by atoms with Gasteiger partial charge in [-0.15, -0.1) is 0 Å². The van der Waals surface area contributed by atoms with Crippen LogP contribution in [0.25, 0.3) is 11.0 Å². The van der Waals surface area contributed by atoms with Crippen molar-refractivity contribution in [2.75, 3.05) is 6.61 Å². The molecular formula is C29H34O4. The van der Waals surface area contributed by atoms with E-state index in [0.717, 1.165) is 30.6 Å². The second kappa shape index (κ2) is 10.8. The zero-order valence-electron chi connectivity index (χ0n) is 19.8. The number of hydrogen-bond acceptors (Lipinski definition) is 4. The van der Waals surface area contributed by atoms with Crippen molar-refractivity contribution in [3.05, 3.63) is 81.2 Å². The number of fused-ring (bicyclic) bond motifs is 1. The van der Waals surface area contributed by atoms with Gasteiger partial charge in [0.2, 0.25) is 0 Å². The number of unbranched alkanes of at least 4 members (excludes halogenated alkanes) is 5. The first-order valence-electron chi connectivity index (χ1n) is 12.5. The molecule has 0 bridgehead atoms. The summed E-state index contributed by atoms with van der Waals surface area (Å²) in [5.41, 5.74) is 2.93. The summed E-state index contributed by atoms with van der Waals surface area (Å²) in [5.74, 6) is 1.07. The summed E-state index contributed by atoms with van der Waals surface area (Å²) >= 11 is 0. The Labute approximate surface area is 196 Å². The lowest BCUT2D eigenvalue weighted by Gasteiger charge is -2.10. The number of esters is 1. The summed E-state index contributed by atoms with van der Waals surface area (Å²) in [6.07, 6.45) is 8.44. The highest BCUT2D eigenvalue weighted by atomic mass is 16.5. The number of carbonyl (C=O) groups is 1. The molecule has 1 fully saturated rings. The van der Waals surface area contributed by atoms with Crippen LogP contribution in [0.1, 0.15) is 97.9 Å². The van der Waals surface area contributed by atoms with E-state index in [2.05, 4.69) is 31.2 Å². The monoisotopic (exact) mass is 446 g/mol. The van der Waals surface area contributed by atoms with E-state index >= 15 is 0 Å². The van der Waals surface area contributed by atoms with Gasteiger partial charge in [-0.25, -0.2) is 4.79 Å². The van der Waals surface area contributed by atoms with Crippen LogP contribution >= 0.6 is 0 Å². The van der Waals surface area contributed by atoms with Crippen molar-refractivity contribution in [2.24, 2.45) is 0 Å². The predicted octanol–water partition coefficient (Wildman–Crippen LogP) is 7.14. The minimum absolute atomic E-state index is 0.0296. The van der Waals surface area contributed by atoms with Crippen LogP contribution in [-0.4, -0.2) is 12.6 Å². The third-order valence-electron chi connectivity index (χ3n) is 6.69. The Morgan fingerprint density at radius 3 is 2.48 bits per heavy atom. The van der Waals surface area contributed by atoms with Gasteiger partial charge >= 0.3 is 5.97 Å². The molecule has 1 saturated carbocycles. The number of benzene rings is 2. The van der Waals surface area contributed by atoms with Gasteiger partial charge in [0.1, 0.15) is 11.3 Å². The standard InChI is InChI=1S/C29H34O4/c1-3-5-6-7-8-12-17-32-29(31)21-15-16-26-25(18-21)27(30)22(4-2)28(33-26)24-19-23(24)20-13-10-9-11-14-20/h9-11,13-16,18,23-24H,3-8,12,17,19H2,1-2H3. The Balaban J connectivity index is 1.47. The van der Waals surface area contributed by atoms with Gasteiger partial charge in [-0.1, -0.05) is 76.3 Å². The lowest BCUT2D eigenvalue weighted by Crippen LogP contribution is -2.13. The van der Waals surface area contributed by atoms with Crippen molar-refractivity contribution >= 4 is 16.9 Å². The first-order valence-corrected chi connectivity index (χ1v) is 12.5. The molecule has 1 heterocycles. The first-order chi connectivity index (χ1) is 16.1. The Kier molecular flexibility index (Phi) is 7.64. The zero-order valence-corrected chi connectivity index (χ0v) is 19.8. The van der Waals surface area contributed by atoms with Crippen LogP contribution in [0.2, 0.25) is 0 Å². The normalized spacial score (nSPS) is 17.3. The quantitative estimate of drug-likeness (QED) is 0.232. The van der Waals surface area contributed by atoms with Crippen LogP contribution in [0.3, 0.4) is 0 Å². The van der Waals surface area contributed by atoms with Gasteiger partial charge in [0, 0.05) is 11.5 Å². The van der Waals surface area contributed by atoms with E-state index < -0.39 is 0 Å². The van der Waals surface area contributed by atoms with E-state index in [4.69, 9.17) is 9.15 Å². The average Bonchev–Trinajstić information content (AvgIpc) is 3.64. The molecule has 1 aliphatic rings. The molecule has 0 saturated heterocycles. The minimum Gasteiger partial charge on any atom is -0.462 e. The third-order valence-corrected chi connectivity index (χ3v) is 6.69. The van der Waals surface area contributed by atoms with E-state index in [9.17, 15) is 9.59 Å². The van der Waals surface area contributed by atoms with Gasteiger partial charge in [0.05, 0.1) is 17.6 Å². The molecule has 4 rings (SSSR count). The molecule has 4 heteroatoms. The van der Waals surface area contributed by atoms with Gasteiger partial charge in [0.15, 0.2) is 5.43 Å². The third kappa shape index (κ3) is 5.38. The molecule has 2 atom stereocenters. The van der Waals surface area contributed by atoms with Crippen molar-refractivity contribution < 1.29 is 13.9 Å². The molecule has 174 valence electrons. The number of ether oxygens (including phenoxy) is 1. The fraction of sp³-hybridized carbons (Fsp3) is 0.448. The molecule has 33 heavy (non-hydrogen) atoms. The van der Waals surface area contributed by atoms with Gasteiger partial charge in [-0.2, -0.15) is 0 Å². The summed E-state index contributed by atoms with van der Waals surface area (Å²) in [4.78, 5) is 25.8. The summed E-state index contributed by atoms with van der Waals surface area (Å²) in [6.45, 7) is 4.60. The highest BCUT2D eigenvalue weighted by molar-refractivity contribution is 5.94. The summed E-state index contributed by atoms with van der Waals surface area (Å²) in [6, 6.07) is 15.5. The number of hydrogen-bond donors (Lipinski definition) is 0. The zero-order chi connectivity index (χ0) is 23.2. The number of rotatable bonds is 11. The second-order valence-electron chi connectivity index (χ2n) is 9.10. The molecule has 0 amide bonds. The van der Waals surface area contributed by atoms with Gasteiger partial charge < -0.3 is 9.15 Å². The van der Waals surface area contributed by atoms with Crippen molar-refractivity contribution in [1.82, 2.24) is 0 Å². The van der Waals surface area contributed by atoms with Crippen LogP contribution in [0, 0.1) is 0 Å². The Morgan fingerprint density at radius 1 is 0.970 bits per heavy atom. The summed E-state index contributed by atoms with van der Waals surface area (Å²) in [7, 11) is 0. The molecule has 0 spiro atoms. The first kappa shape index (κ1) is 23.3. The van der Waals surface area contributed by atoms with E-state index in [-0.39, 0.29) is 17.3 Å². The predicted molar refractivity (Wildman–Crippen MR) is 132 cm³/mol. The van der Waals surface area contributed by atoms with Crippen molar-refractivity contribution in [3.63, 3.8) is 0 Å². The van der Waals surface area contributed by atoms with E-state index in [0.29, 0.717) is 35.5 Å². The molecule has 3 aromatic rings. The van der Waals surface area contributed by atoms with Crippen LogP contribution in [0.15, 0.2) is 57.7 Å². The van der Waals surface area contributed by atoms with Gasteiger partial charge in [0.25, 0.3) is 0 Å². The highest BCUT2D eigenvalue weighted by Gasteiger charge is 2.43.